The third kappa shape index (κ3) is 4.20. The van der Waals surface area contributed by atoms with Gasteiger partial charge >= 0.3 is 0 Å². The molecule has 2 unspecified atom stereocenters. The van der Waals surface area contributed by atoms with Crippen LogP contribution in [0.2, 0.25) is 0 Å². The quantitative estimate of drug-likeness (QED) is 0.589. The van der Waals surface area contributed by atoms with E-state index < -0.39 is 12.2 Å². The molecule has 2 aromatic heterocycles. The maximum atomic E-state index is 13.8. The normalized spacial score (nSPS) is 30.7. The summed E-state index contributed by atoms with van der Waals surface area (Å²) in [6.07, 6.45) is 1.48. The monoisotopic (exact) mass is 406 g/mol. The number of nitrogens with one attached hydrogen (secondary N) is 3. The second-order valence-electron chi connectivity index (χ2n) is 7.01. The SMILES string of the molecule is N[C@H]1CC[C@H](C2NNCC2NC(=O)c2csc(-c3ccccn3)n2)OC[C@@H]1F. The summed E-state index contributed by atoms with van der Waals surface area (Å²) in [5.74, 6) is -0.257. The van der Waals surface area contributed by atoms with Gasteiger partial charge in [-0.25, -0.2) is 14.8 Å². The van der Waals surface area contributed by atoms with Crippen LogP contribution < -0.4 is 21.9 Å². The number of aromatic nitrogens is 2. The molecule has 4 heterocycles. The lowest BCUT2D eigenvalue weighted by atomic mass is 9.98. The molecule has 2 aliphatic rings. The minimum absolute atomic E-state index is 0.0236. The summed E-state index contributed by atoms with van der Waals surface area (Å²) in [6.45, 7) is 0.517. The van der Waals surface area contributed by atoms with Crippen LogP contribution in [0.5, 0.6) is 0 Å². The van der Waals surface area contributed by atoms with E-state index in [0.717, 1.165) is 5.69 Å². The summed E-state index contributed by atoms with van der Waals surface area (Å²) < 4.78 is 19.5. The fourth-order valence-corrected chi connectivity index (χ4v) is 4.25. The fraction of sp³-hybridized carbons (Fsp3) is 0.500. The van der Waals surface area contributed by atoms with Gasteiger partial charge in [-0.3, -0.25) is 15.2 Å². The minimum atomic E-state index is -1.16. The molecule has 0 radical (unpaired) electrons. The van der Waals surface area contributed by atoms with E-state index in [-0.39, 0.29) is 30.7 Å². The van der Waals surface area contributed by atoms with E-state index in [1.165, 1.54) is 11.3 Å². The molecule has 0 bridgehead atoms. The van der Waals surface area contributed by atoms with Crippen molar-refractivity contribution >= 4 is 17.2 Å². The number of ether oxygens (including phenoxy) is 1. The highest BCUT2D eigenvalue weighted by Crippen LogP contribution is 2.23. The van der Waals surface area contributed by atoms with Crippen molar-refractivity contribution in [2.45, 2.75) is 43.2 Å². The molecule has 10 heteroatoms. The van der Waals surface area contributed by atoms with Crippen molar-refractivity contribution in [1.29, 1.82) is 0 Å². The number of thiazole rings is 1. The lowest BCUT2D eigenvalue weighted by molar-refractivity contribution is 0.00621. The lowest BCUT2D eigenvalue weighted by Crippen LogP contribution is -2.51. The second-order valence-corrected chi connectivity index (χ2v) is 7.87. The lowest BCUT2D eigenvalue weighted by Gasteiger charge is -2.27. The Morgan fingerprint density at radius 1 is 1.39 bits per heavy atom. The van der Waals surface area contributed by atoms with Crippen molar-refractivity contribution in [3.63, 3.8) is 0 Å². The second kappa shape index (κ2) is 8.58. The Morgan fingerprint density at radius 3 is 3.11 bits per heavy atom. The summed E-state index contributed by atoms with van der Waals surface area (Å²) in [5.41, 5.74) is 13.1. The maximum Gasteiger partial charge on any atom is 0.271 e. The van der Waals surface area contributed by atoms with Gasteiger partial charge < -0.3 is 15.8 Å². The van der Waals surface area contributed by atoms with Gasteiger partial charge in [0.1, 0.15) is 16.9 Å². The molecule has 0 aliphatic carbocycles. The number of nitrogens with zero attached hydrogens (tertiary/aromatic N) is 2. The zero-order chi connectivity index (χ0) is 19.5. The van der Waals surface area contributed by atoms with E-state index in [4.69, 9.17) is 10.5 Å². The van der Waals surface area contributed by atoms with Crippen LogP contribution in [0.25, 0.3) is 10.7 Å². The van der Waals surface area contributed by atoms with Crippen LogP contribution in [0, 0.1) is 0 Å². The summed E-state index contributed by atoms with van der Waals surface area (Å²) in [7, 11) is 0. The maximum absolute atomic E-state index is 13.8. The van der Waals surface area contributed by atoms with Gasteiger partial charge in [-0.05, 0) is 25.0 Å². The highest BCUT2D eigenvalue weighted by Gasteiger charge is 2.38. The first-order valence-corrected chi connectivity index (χ1v) is 10.2. The Kier molecular flexibility index (Phi) is 5.93. The van der Waals surface area contributed by atoms with E-state index in [9.17, 15) is 9.18 Å². The molecule has 2 saturated heterocycles. The average Bonchev–Trinajstić information content (AvgIpc) is 3.35. The predicted molar refractivity (Wildman–Crippen MR) is 103 cm³/mol. The first-order valence-electron chi connectivity index (χ1n) is 9.29. The Labute approximate surface area is 166 Å². The van der Waals surface area contributed by atoms with Gasteiger partial charge in [-0.1, -0.05) is 6.07 Å². The average molecular weight is 406 g/mol. The van der Waals surface area contributed by atoms with E-state index in [1.807, 2.05) is 18.2 Å². The Hall–Kier alpha value is -1.98. The molecule has 0 spiro atoms. The van der Waals surface area contributed by atoms with Gasteiger partial charge in [0.05, 0.1) is 30.5 Å². The molecule has 5 atom stereocenters. The molecule has 2 aliphatic heterocycles. The van der Waals surface area contributed by atoms with E-state index in [1.54, 1.807) is 11.6 Å². The summed E-state index contributed by atoms with van der Waals surface area (Å²) in [6, 6.07) is 4.68. The topological polar surface area (TPSA) is 114 Å². The van der Waals surface area contributed by atoms with Crippen LogP contribution in [-0.4, -0.2) is 59.4 Å². The molecule has 0 saturated carbocycles. The van der Waals surface area contributed by atoms with Crippen LogP contribution in [-0.2, 0) is 4.74 Å². The smallest absolute Gasteiger partial charge is 0.271 e. The van der Waals surface area contributed by atoms with Crippen molar-refractivity contribution in [3.05, 3.63) is 35.5 Å². The summed E-state index contributed by atoms with van der Waals surface area (Å²) in [4.78, 5) is 21.3. The number of rotatable bonds is 4. The van der Waals surface area contributed by atoms with E-state index >= 15 is 0 Å². The Morgan fingerprint density at radius 2 is 2.29 bits per heavy atom. The third-order valence-electron chi connectivity index (χ3n) is 5.08. The number of carbonyl (C=O) groups excluding carboxylic acids is 1. The molecule has 1 amide bonds. The molecular formula is C18H23FN6O2S. The van der Waals surface area contributed by atoms with Gasteiger partial charge in [-0.15, -0.1) is 11.3 Å². The number of hydrogen-bond acceptors (Lipinski definition) is 8. The van der Waals surface area contributed by atoms with E-state index in [0.29, 0.717) is 30.1 Å². The summed E-state index contributed by atoms with van der Waals surface area (Å²) >= 11 is 1.38. The van der Waals surface area contributed by atoms with Crippen LogP contribution in [0.1, 0.15) is 23.3 Å². The first-order chi connectivity index (χ1) is 13.6. The van der Waals surface area contributed by atoms with Gasteiger partial charge in [0.2, 0.25) is 0 Å². The number of carbonyl (C=O) groups is 1. The Bertz CT molecular complexity index is 794. The number of nitrogens with two attached hydrogens (primary N) is 1. The largest absolute Gasteiger partial charge is 0.373 e. The van der Waals surface area contributed by atoms with Crippen molar-refractivity contribution < 1.29 is 13.9 Å². The van der Waals surface area contributed by atoms with Gasteiger partial charge in [0, 0.05) is 24.2 Å². The third-order valence-corrected chi connectivity index (χ3v) is 5.95. The zero-order valence-corrected chi connectivity index (χ0v) is 16.0. The highest BCUT2D eigenvalue weighted by molar-refractivity contribution is 7.13. The number of amides is 1. The van der Waals surface area contributed by atoms with Gasteiger partial charge in [0.15, 0.2) is 0 Å². The zero-order valence-electron chi connectivity index (χ0n) is 15.2. The van der Waals surface area contributed by atoms with E-state index in [2.05, 4.69) is 26.1 Å². The molecule has 0 aromatic carbocycles. The molecule has 28 heavy (non-hydrogen) atoms. The van der Waals surface area contributed by atoms with Crippen LogP contribution in [0.4, 0.5) is 4.39 Å². The van der Waals surface area contributed by atoms with Crippen LogP contribution in [0.3, 0.4) is 0 Å². The molecule has 8 nitrogen and oxygen atoms in total. The van der Waals surface area contributed by atoms with Crippen molar-refractivity contribution in [3.8, 4) is 10.7 Å². The highest BCUT2D eigenvalue weighted by atomic mass is 32.1. The predicted octanol–water partition coefficient (Wildman–Crippen LogP) is 0.624. The molecule has 5 N–H and O–H groups in total. The molecule has 2 fully saturated rings. The number of pyridine rings is 1. The first kappa shape index (κ1) is 19.3. The molecule has 4 rings (SSSR count). The number of hydrogen-bond donors (Lipinski definition) is 4. The van der Waals surface area contributed by atoms with Crippen molar-refractivity contribution in [1.82, 2.24) is 26.1 Å². The number of hydrazine groups is 1. The number of halogens is 1. The molecule has 150 valence electrons. The van der Waals surface area contributed by atoms with Crippen molar-refractivity contribution in [2.24, 2.45) is 5.73 Å². The van der Waals surface area contributed by atoms with Gasteiger partial charge in [-0.2, -0.15) is 0 Å². The molecular weight excluding hydrogens is 383 g/mol. The van der Waals surface area contributed by atoms with Crippen LogP contribution >= 0.6 is 11.3 Å². The number of alkyl halides is 1. The fourth-order valence-electron chi connectivity index (χ4n) is 3.48. The Balaban J connectivity index is 1.40. The summed E-state index contributed by atoms with van der Waals surface area (Å²) in [5, 5.41) is 5.42. The van der Waals surface area contributed by atoms with Crippen LogP contribution in [0.15, 0.2) is 29.8 Å². The standard InChI is InChI=1S/C18H23FN6O2S/c19-10-8-27-15(5-4-11(10)20)16-13(7-22-25-16)23-17(26)14-9-28-18(24-14)12-3-1-2-6-21-12/h1-3,6,9-11,13,15-16,22,25H,4-5,7-8,20H2,(H,23,26)/t10-,11-,13?,15+,16?/m0/s1. The molecule has 2 aromatic rings. The minimum Gasteiger partial charge on any atom is -0.373 e. The van der Waals surface area contributed by atoms with Gasteiger partial charge in [0.25, 0.3) is 5.91 Å². The van der Waals surface area contributed by atoms with Crippen molar-refractivity contribution in [2.75, 3.05) is 13.2 Å².